The number of hydrogen-bond acceptors (Lipinski definition) is 3. The molecular formula is C23H21ClN2O2S. The van der Waals surface area contributed by atoms with E-state index in [1.54, 1.807) is 0 Å². The fourth-order valence-electron chi connectivity index (χ4n) is 2.90. The summed E-state index contributed by atoms with van der Waals surface area (Å²) in [6, 6.07) is 22.2. The summed E-state index contributed by atoms with van der Waals surface area (Å²) >= 11 is 7.63. The number of benzene rings is 3. The number of hydrogen-bond donors (Lipinski definition) is 2. The number of thioether (sulfide) groups is 1. The van der Waals surface area contributed by atoms with Gasteiger partial charge in [0.1, 0.15) is 0 Å². The Hall–Kier alpha value is -2.76. The molecule has 3 aromatic carbocycles. The third-order valence-electron chi connectivity index (χ3n) is 4.18. The van der Waals surface area contributed by atoms with E-state index in [1.807, 2.05) is 56.3 Å². The molecule has 0 amide bonds. The number of carboxylic acid groups (broad SMARTS) is 1. The van der Waals surface area contributed by atoms with Gasteiger partial charge in [-0.15, -0.1) is 0 Å². The molecule has 0 unspecified atom stereocenters. The van der Waals surface area contributed by atoms with Gasteiger partial charge >= 0.3 is 5.97 Å². The molecule has 4 nitrogen and oxygen atoms in total. The maximum atomic E-state index is 10.7. The van der Waals surface area contributed by atoms with Crippen molar-refractivity contribution < 1.29 is 9.90 Å². The average Bonchev–Trinajstić information content (AvgIpc) is 3.15. The fourth-order valence-corrected chi connectivity index (χ4v) is 3.78. The lowest BCUT2D eigenvalue weighted by Gasteiger charge is -2.07. The van der Waals surface area contributed by atoms with Crippen LogP contribution in [-0.4, -0.2) is 26.8 Å². The number of H-pyrrole nitrogens is 1. The van der Waals surface area contributed by atoms with Gasteiger partial charge in [-0.05, 0) is 28.8 Å². The molecule has 0 atom stereocenters. The minimum absolute atomic E-state index is 0.0403. The maximum Gasteiger partial charge on any atom is 0.313 e. The summed E-state index contributed by atoms with van der Waals surface area (Å²) in [5.74, 6) is -0.917. The van der Waals surface area contributed by atoms with E-state index in [9.17, 15) is 4.79 Å². The highest BCUT2D eigenvalue weighted by atomic mass is 35.5. The number of carbonyl (C=O) groups is 1. The first-order valence-electron chi connectivity index (χ1n) is 9.30. The summed E-state index contributed by atoms with van der Waals surface area (Å²) < 4.78 is 0. The van der Waals surface area contributed by atoms with Crippen molar-refractivity contribution in [1.82, 2.24) is 9.97 Å². The number of halogens is 1. The highest BCUT2D eigenvalue weighted by Gasteiger charge is 2.11. The lowest BCUT2D eigenvalue weighted by molar-refractivity contribution is -0.133. The Morgan fingerprint density at radius 3 is 2.28 bits per heavy atom. The van der Waals surface area contributed by atoms with Crippen LogP contribution in [0.15, 0.2) is 71.9 Å². The van der Waals surface area contributed by atoms with Crippen LogP contribution < -0.4 is 0 Å². The smallest absolute Gasteiger partial charge is 0.313 e. The van der Waals surface area contributed by atoms with E-state index in [1.165, 1.54) is 0 Å². The van der Waals surface area contributed by atoms with E-state index in [-0.39, 0.29) is 5.75 Å². The van der Waals surface area contributed by atoms with Gasteiger partial charge in [0.25, 0.3) is 0 Å². The molecule has 0 radical (unpaired) electrons. The largest absolute Gasteiger partial charge is 0.481 e. The number of imidazole rings is 1. The SMILES string of the molecule is CC.O=C(O)CSc1nc2cc(-c3ccc(-c4ccccc4)cc3)c(Cl)cc2[nH]1. The molecule has 0 bridgehead atoms. The first kappa shape index (κ1) is 21.0. The number of rotatable bonds is 5. The molecular weight excluding hydrogens is 404 g/mol. The zero-order chi connectivity index (χ0) is 20.8. The van der Waals surface area contributed by atoms with Crippen LogP contribution >= 0.6 is 23.4 Å². The number of nitrogens with one attached hydrogen (secondary N) is 1. The van der Waals surface area contributed by atoms with E-state index >= 15 is 0 Å². The lowest BCUT2D eigenvalue weighted by atomic mass is 10.00. The van der Waals surface area contributed by atoms with Gasteiger partial charge in [0.2, 0.25) is 0 Å². The molecule has 4 rings (SSSR count). The Labute approximate surface area is 179 Å². The van der Waals surface area contributed by atoms with Crippen LogP contribution in [0.1, 0.15) is 13.8 Å². The minimum atomic E-state index is -0.877. The second-order valence-corrected chi connectivity index (χ2v) is 7.39. The second kappa shape index (κ2) is 9.63. The number of aliphatic carboxylic acids is 1. The van der Waals surface area contributed by atoms with Crippen molar-refractivity contribution in [3.8, 4) is 22.3 Å². The number of carboxylic acids is 1. The zero-order valence-corrected chi connectivity index (χ0v) is 17.7. The average molecular weight is 425 g/mol. The summed E-state index contributed by atoms with van der Waals surface area (Å²) in [5.41, 5.74) is 5.75. The Morgan fingerprint density at radius 2 is 1.62 bits per heavy atom. The van der Waals surface area contributed by atoms with Crippen molar-refractivity contribution in [2.75, 3.05) is 5.75 Å². The quantitative estimate of drug-likeness (QED) is 0.347. The molecule has 0 saturated heterocycles. The molecule has 2 N–H and O–H groups in total. The zero-order valence-electron chi connectivity index (χ0n) is 16.1. The molecule has 29 heavy (non-hydrogen) atoms. The number of fused-ring (bicyclic) bond motifs is 1. The van der Waals surface area contributed by atoms with Gasteiger partial charge in [-0.1, -0.05) is 91.8 Å². The maximum absolute atomic E-state index is 10.7. The van der Waals surface area contributed by atoms with E-state index in [2.05, 4.69) is 34.2 Å². The normalized spacial score (nSPS) is 10.4. The van der Waals surface area contributed by atoms with Gasteiger partial charge in [-0.25, -0.2) is 4.98 Å². The van der Waals surface area contributed by atoms with Crippen molar-refractivity contribution in [2.45, 2.75) is 19.0 Å². The summed E-state index contributed by atoms with van der Waals surface area (Å²) in [4.78, 5) is 18.3. The van der Waals surface area contributed by atoms with Crippen LogP contribution in [0.2, 0.25) is 5.02 Å². The lowest BCUT2D eigenvalue weighted by Crippen LogP contribution is -1.97. The summed E-state index contributed by atoms with van der Waals surface area (Å²) in [6.07, 6.45) is 0. The molecule has 148 valence electrons. The summed E-state index contributed by atoms with van der Waals surface area (Å²) in [5, 5.41) is 10.00. The monoisotopic (exact) mass is 424 g/mol. The Bertz CT molecular complexity index is 1110. The van der Waals surface area contributed by atoms with Crippen LogP contribution in [0.3, 0.4) is 0 Å². The summed E-state index contributed by atoms with van der Waals surface area (Å²) in [7, 11) is 0. The minimum Gasteiger partial charge on any atom is -0.481 e. The van der Waals surface area contributed by atoms with Crippen molar-refractivity contribution in [1.29, 1.82) is 0 Å². The van der Waals surface area contributed by atoms with Gasteiger partial charge < -0.3 is 10.1 Å². The van der Waals surface area contributed by atoms with Crippen LogP contribution in [0.25, 0.3) is 33.3 Å². The van der Waals surface area contributed by atoms with Gasteiger partial charge in [-0.2, -0.15) is 0 Å². The molecule has 0 fully saturated rings. The number of aromatic amines is 1. The van der Waals surface area contributed by atoms with Gasteiger partial charge in [0.15, 0.2) is 5.16 Å². The molecule has 1 heterocycles. The highest BCUT2D eigenvalue weighted by molar-refractivity contribution is 7.99. The Morgan fingerprint density at radius 1 is 1.00 bits per heavy atom. The number of nitrogens with zero attached hydrogens (tertiary/aromatic N) is 1. The van der Waals surface area contributed by atoms with Gasteiger partial charge in [-0.3, -0.25) is 4.79 Å². The topological polar surface area (TPSA) is 66.0 Å². The fraction of sp³-hybridized carbons (Fsp3) is 0.130. The van der Waals surface area contributed by atoms with Crippen LogP contribution in [0.5, 0.6) is 0 Å². The Balaban J connectivity index is 0.00000117. The van der Waals surface area contributed by atoms with Crippen LogP contribution in [0.4, 0.5) is 0 Å². The molecule has 0 aliphatic carbocycles. The molecule has 4 aromatic rings. The second-order valence-electron chi connectivity index (χ2n) is 6.02. The first-order chi connectivity index (χ1) is 14.1. The third kappa shape index (κ3) is 5.00. The molecule has 6 heteroatoms. The van der Waals surface area contributed by atoms with Crippen molar-refractivity contribution in [2.24, 2.45) is 0 Å². The van der Waals surface area contributed by atoms with Crippen LogP contribution in [-0.2, 0) is 4.79 Å². The van der Waals surface area contributed by atoms with E-state index in [0.29, 0.717) is 10.2 Å². The molecule has 0 saturated carbocycles. The van der Waals surface area contributed by atoms with Crippen molar-refractivity contribution in [3.05, 3.63) is 71.8 Å². The third-order valence-corrected chi connectivity index (χ3v) is 5.36. The molecule has 0 spiro atoms. The highest BCUT2D eigenvalue weighted by Crippen LogP contribution is 2.33. The number of aromatic nitrogens is 2. The molecule has 0 aliphatic rings. The van der Waals surface area contributed by atoms with E-state index < -0.39 is 5.97 Å². The van der Waals surface area contributed by atoms with Crippen molar-refractivity contribution >= 4 is 40.4 Å². The van der Waals surface area contributed by atoms with Gasteiger partial charge in [0.05, 0.1) is 21.8 Å². The Kier molecular flexibility index (Phi) is 6.96. The first-order valence-corrected chi connectivity index (χ1v) is 10.7. The molecule has 0 aliphatic heterocycles. The van der Waals surface area contributed by atoms with Crippen LogP contribution in [0, 0.1) is 0 Å². The predicted molar refractivity (Wildman–Crippen MR) is 122 cm³/mol. The molecule has 1 aromatic heterocycles. The predicted octanol–water partition coefficient (Wildman–Crippen LogP) is 6.75. The standard InChI is InChI=1S/C21H15ClN2O2S.C2H6/c22-17-11-19-18(23-21(24-19)27-12-20(25)26)10-16(17)15-8-6-14(7-9-15)13-4-2-1-3-5-13;1-2/h1-11H,12H2,(H,23,24)(H,25,26);1-2H3. The van der Waals surface area contributed by atoms with E-state index in [0.717, 1.165) is 45.0 Å². The van der Waals surface area contributed by atoms with E-state index in [4.69, 9.17) is 16.7 Å². The summed E-state index contributed by atoms with van der Waals surface area (Å²) in [6.45, 7) is 4.00. The van der Waals surface area contributed by atoms with Crippen molar-refractivity contribution in [3.63, 3.8) is 0 Å². The van der Waals surface area contributed by atoms with Gasteiger partial charge in [0, 0.05) is 5.56 Å².